The van der Waals surface area contributed by atoms with Crippen LogP contribution in [0.4, 0.5) is 0 Å². The van der Waals surface area contributed by atoms with Crippen molar-refractivity contribution in [3.63, 3.8) is 0 Å². The number of likely N-dealkylation sites (tertiary alicyclic amines) is 1. The number of aromatic nitrogens is 2. The number of hydrogen-bond acceptors (Lipinski definition) is 4. The predicted molar refractivity (Wildman–Crippen MR) is 69.2 cm³/mol. The molecule has 0 aliphatic carbocycles. The Morgan fingerprint density at radius 2 is 2.39 bits per heavy atom. The lowest BCUT2D eigenvalue weighted by atomic mass is 9.93. The van der Waals surface area contributed by atoms with Crippen LogP contribution in [0.3, 0.4) is 0 Å². The van der Waals surface area contributed by atoms with Crippen molar-refractivity contribution < 1.29 is 4.79 Å². The Balaban J connectivity index is 1.98. The van der Waals surface area contributed by atoms with Gasteiger partial charge in [-0.3, -0.25) is 4.79 Å². The van der Waals surface area contributed by atoms with Crippen LogP contribution in [0.5, 0.6) is 0 Å². The molecule has 5 heteroatoms. The number of amides is 1. The lowest BCUT2D eigenvalue weighted by molar-refractivity contribution is 0.0645. The average molecular weight is 248 g/mol. The third-order valence-corrected chi connectivity index (χ3v) is 3.49. The highest BCUT2D eigenvalue weighted by atomic mass is 16.2. The number of carbonyl (C=O) groups is 1. The van der Waals surface area contributed by atoms with Crippen molar-refractivity contribution in [1.29, 1.82) is 0 Å². The van der Waals surface area contributed by atoms with Gasteiger partial charge >= 0.3 is 0 Å². The maximum atomic E-state index is 12.2. The molecule has 2 heterocycles. The first kappa shape index (κ1) is 13.0. The first-order chi connectivity index (χ1) is 8.72. The number of nitrogens with zero attached hydrogens (tertiary/aromatic N) is 3. The van der Waals surface area contributed by atoms with Crippen LogP contribution in [0, 0.1) is 5.92 Å². The molecular formula is C13H20N4O. The molecule has 0 bridgehead atoms. The van der Waals surface area contributed by atoms with E-state index in [2.05, 4.69) is 29.4 Å². The first-order valence-electron chi connectivity index (χ1n) is 6.51. The second-order valence-electron chi connectivity index (χ2n) is 4.81. The fourth-order valence-corrected chi connectivity index (χ4v) is 2.50. The quantitative estimate of drug-likeness (QED) is 0.865. The van der Waals surface area contributed by atoms with Crippen molar-refractivity contribution in [2.75, 3.05) is 19.6 Å². The minimum Gasteiger partial charge on any atom is -0.338 e. The van der Waals surface area contributed by atoms with Gasteiger partial charge < -0.3 is 10.2 Å². The van der Waals surface area contributed by atoms with Gasteiger partial charge in [0.05, 0.1) is 18.0 Å². The second kappa shape index (κ2) is 5.91. The van der Waals surface area contributed by atoms with Gasteiger partial charge in [0.25, 0.3) is 5.91 Å². The summed E-state index contributed by atoms with van der Waals surface area (Å²) in [5.74, 6) is 0.546. The van der Waals surface area contributed by atoms with E-state index in [1.54, 1.807) is 12.3 Å². The Morgan fingerprint density at radius 1 is 1.56 bits per heavy atom. The predicted octanol–water partition coefficient (Wildman–Crippen LogP) is 0.937. The molecule has 1 amide bonds. The molecule has 18 heavy (non-hydrogen) atoms. The van der Waals surface area contributed by atoms with E-state index in [1.807, 2.05) is 4.90 Å². The first-order valence-corrected chi connectivity index (χ1v) is 6.51. The van der Waals surface area contributed by atoms with Crippen LogP contribution in [0.25, 0.3) is 0 Å². The molecule has 1 fully saturated rings. The zero-order valence-electron chi connectivity index (χ0n) is 11.0. The number of piperidine rings is 1. The normalized spacial score (nSPS) is 24.0. The maximum Gasteiger partial charge on any atom is 0.255 e. The van der Waals surface area contributed by atoms with E-state index >= 15 is 0 Å². The van der Waals surface area contributed by atoms with E-state index in [1.165, 1.54) is 6.20 Å². The Hall–Kier alpha value is -1.49. The van der Waals surface area contributed by atoms with Crippen LogP contribution in [0.1, 0.15) is 30.6 Å². The topological polar surface area (TPSA) is 58.1 Å². The molecule has 98 valence electrons. The minimum absolute atomic E-state index is 0.0618. The Morgan fingerprint density at radius 3 is 3.00 bits per heavy atom. The molecule has 0 aromatic carbocycles. The van der Waals surface area contributed by atoms with Crippen molar-refractivity contribution in [1.82, 2.24) is 20.4 Å². The van der Waals surface area contributed by atoms with Crippen molar-refractivity contribution in [3.8, 4) is 0 Å². The Bertz CT molecular complexity index is 395. The zero-order valence-corrected chi connectivity index (χ0v) is 11.0. The number of carbonyl (C=O) groups excluding carboxylic acids is 1. The van der Waals surface area contributed by atoms with Crippen molar-refractivity contribution in [2.45, 2.75) is 26.3 Å². The third kappa shape index (κ3) is 2.85. The molecule has 1 N–H and O–H groups in total. The number of nitrogens with one attached hydrogen (secondary N) is 1. The molecule has 2 atom stereocenters. The molecule has 2 rings (SSSR count). The molecular weight excluding hydrogens is 228 g/mol. The smallest absolute Gasteiger partial charge is 0.255 e. The molecule has 0 saturated carbocycles. The van der Waals surface area contributed by atoms with Crippen LogP contribution in [0.15, 0.2) is 18.5 Å². The molecule has 2 unspecified atom stereocenters. The lowest BCUT2D eigenvalue weighted by Crippen LogP contribution is -2.50. The van der Waals surface area contributed by atoms with Crippen LogP contribution >= 0.6 is 0 Å². The summed E-state index contributed by atoms with van der Waals surface area (Å²) >= 11 is 0. The van der Waals surface area contributed by atoms with E-state index in [-0.39, 0.29) is 5.91 Å². The molecule has 1 aromatic heterocycles. The SMILES string of the molecule is CCNC1CCN(C(=O)c2ccnnc2)CC1C. The van der Waals surface area contributed by atoms with Crippen molar-refractivity contribution >= 4 is 5.91 Å². The molecule has 0 spiro atoms. The molecule has 0 radical (unpaired) electrons. The van der Waals surface area contributed by atoms with Crippen LogP contribution in [0.2, 0.25) is 0 Å². The van der Waals surface area contributed by atoms with E-state index in [4.69, 9.17) is 0 Å². The summed E-state index contributed by atoms with van der Waals surface area (Å²) in [6.07, 6.45) is 4.10. The summed E-state index contributed by atoms with van der Waals surface area (Å²) in [4.78, 5) is 14.2. The Kier molecular flexibility index (Phi) is 4.25. The number of rotatable bonds is 3. The van der Waals surface area contributed by atoms with Gasteiger partial charge in [0, 0.05) is 19.1 Å². The van der Waals surface area contributed by atoms with Gasteiger partial charge in [-0.2, -0.15) is 10.2 Å². The highest BCUT2D eigenvalue weighted by molar-refractivity contribution is 5.93. The van der Waals surface area contributed by atoms with Gasteiger partial charge in [-0.25, -0.2) is 0 Å². The maximum absolute atomic E-state index is 12.2. The highest BCUT2D eigenvalue weighted by Gasteiger charge is 2.28. The summed E-state index contributed by atoms with van der Waals surface area (Å²) in [7, 11) is 0. The summed E-state index contributed by atoms with van der Waals surface area (Å²) in [6, 6.07) is 2.24. The van der Waals surface area contributed by atoms with E-state index in [0.29, 0.717) is 17.5 Å². The minimum atomic E-state index is 0.0618. The molecule has 1 aliphatic rings. The summed E-state index contributed by atoms with van der Waals surface area (Å²) < 4.78 is 0. The lowest BCUT2D eigenvalue weighted by Gasteiger charge is -2.37. The van der Waals surface area contributed by atoms with Crippen LogP contribution in [-0.2, 0) is 0 Å². The Labute approximate surface area is 108 Å². The fourth-order valence-electron chi connectivity index (χ4n) is 2.50. The van der Waals surface area contributed by atoms with Gasteiger partial charge in [0.15, 0.2) is 0 Å². The standard InChI is InChI=1S/C13H20N4O/c1-3-14-12-5-7-17(9-10(12)2)13(18)11-4-6-15-16-8-11/h4,6,8,10,12,14H,3,5,7,9H2,1-2H3. The molecule has 1 aliphatic heterocycles. The average Bonchev–Trinajstić information content (AvgIpc) is 2.41. The highest BCUT2D eigenvalue weighted by Crippen LogP contribution is 2.18. The van der Waals surface area contributed by atoms with Gasteiger partial charge in [-0.1, -0.05) is 13.8 Å². The van der Waals surface area contributed by atoms with Gasteiger partial charge in [-0.05, 0) is 24.9 Å². The van der Waals surface area contributed by atoms with Crippen molar-refractivity contribution in [3.05, 3.63) is 24.0 Å². The van der Waals surface area contributed by atoms with E-state index in [0.717, 1.165) is 26.1 Å². The number of hydrogen-bond donors (Lipinski definition) is 1. The van der Waals surface area contributed by atoms with Crippen LogP contribution < -0.4 is 5.32 Å². The monoisotopic (exact) mass is 248 g/mol. The van der Waals surface area contributed by atoms with Crippen molar-refractivity contribution in [2.24, 2.45) is 5.92 Å². The van der Waals surface area contributed by atoms with Gasteiger partial charge in [0.1, 0.15) is 0 Å². The fraction of sp³-hybridized carbons (Fsp3) is 0.615. The molecule has 1 saturated heterocycles. The third-order valence-electron chi connectivity index (χ3n) is 3.49. The van der Waals surface area contributed by atoms with Gasteiger partial charge in [0.2, 0.25) is 0 Å². The van der Waals surface area contributed by atoms with Crippen LogP contribution in [-0.4, -0.2) is 46.7 Å². The van der Waals surface area contributed by atoms with E-state index in [9.17, 15) is 4.79 Å². The van der Waals surface area contributed by atoms with Gasteiger partial charge in [-0.15, -0.1) is 0 Å². The summed E-state index contributed by atoms with van der Waals surface area (Å²) in [5.41, 5.74) is 0.624. The second-order valence-corrected chi connectivity index (χ2v) is 4.81. The largest absolute Gasteiger partial charge is 0.338 e. The zero-order chi connectivity index (χ0) is 13.0. The summed E-state index contributed by atoms with van der Waals surface area (Å²) in [6.45, 7) is 6.91. The molecule has 5 nitrogen and oxygen atoms in total. The summed E-state index contributed by atoms with van der Waals surface area (Å²) in [5, 5.41) is 10.9. The van der Waals surface area contributed by atoms with E-state index < -0.39 is 0 Å². The molecule has 1 aromatic rings.